The zero-order chi connectivity index (χ0) is 17.0. The third-order valence-electron chi connectivity index (χ3n) is 3.27. The maximum atomic E-state index is 12.1. The van der Waals surface area contributed by atoms with Gasteiger partial charge in [0.15, 0.2) is 0 Å². The number of benzene rings is 1. The van der Waals surface area contributed by atoms with Gasteiger partial charge in [-0.05, 0) is 37.1 Å². The van der Waals surface area contributed by atoms with Gasteiger partial charge in [-0.3, -0.25) is 4.79 Å². The number of nitrogens with zero attached hydrogens (tertiary/aromatic N) is 2. The molecular weight excluding hydrogens is 292 g/mol. The minimum absolute atomic E-state index is 0.144. The molecule has 0 aliphatic carbocycles. The molecule has 1 heterocycles. The first-order valence-corrected chi connectivity index (χ1v) is 7.51. The zero-order valence-corrected chi connectivity index (χ0v) is 13.9. The molecule has 2 aromatic rings. The van der Waals surface area contributed by atoms with Crippen molar-refractivity contribution in [1.29, 1.82) is 0 Å². The van der Waals surface area contributed by atoms with Crippen molar-refractivity contribution in [1.82, 2.24) is 15.3 Å². The Labute approximate surface area is 136 Å². The van der Waals surface area contributed by atoms with Gasteiger partial charge in [0.05, 0.1) is 23.6 Å². The first-order chi connectivity index (χ1) is 10.9. The molecule has 0 aliphatic heterocycles. The average Bonchev–Trinajstić information content (AvgIpc) is 2.52. The fraction of sp³-hybridized carbons (Fsp3) is 0.353. The van der Waals surface area contributed by atoms with E-state index < -0.39 is 0 Å². The lowest BCUT2D eigenvalue weighted by molar-refractivity contribution is 0.0962. The number of anilines is 1. The lowest BCUT2D eigenvalue weighted by Gasteiger charge is -2.12. The molecule has 1 amide bonds. The summed E-state index contributed by atoms with van der Waals surface area (Å²) in [4.78, 5) is 20.4. The van der Waals surface area contributed by atoms with Gasteiger partial charge in [0, 0.05) is 12.6 Å². The van der Waals surface area contributed by atoms with Gasteiger partial charge in [0.2, 0.25) is 5.95 Å². The Bertz CT molecular complexity index is 696. The van der Waals surface area contributed by atoms with E-state index in [0.717, 1.165) is 11.3 Å². The molecule has 0 radical (unpaired) electrons. The third kappa shape index (κ3) is 3.97. The quantitative estimate of drug-likeness (QED) is 0.884. The van der Waals surface area contributed by atoms with Crippen LogP contribution in [0.15, 0.2) is 24.3 Å². The van der Waals surface area contributed by atoms with Crippen LogP contribution >= 0.6 is 0 Å². The van der Waals surface area contributed by atoms with Crippen LogP contribution in [0.2, 0.25) is 0 Å². The highest BCUT2D eigenvalue weighted by atomic mass is 16.5. The monoisotopic (exact) mass is 314 g/mol. The summed E-state index contributed by atoms with van der Waals surface area (Å²) in [7, 11) is 1.57. The predicted octanol–water partition coefficient (Wildman–Crippen LogP) is 2.43. The third-order valence-corrected chi connectivity index (χ3v) is 3.27. The molecule has 122 valence electrons. The maximum Gasteiger partial charge on any atom is 0.255 e. The number of ether oxygens (including phenoxy) is 1. The van der Waals surface area contributed by atoms with Gasteiger partial charge in [-0.2, -0.15) is 0 Å². The summed E-state index contributed by atoms with van der Waals surface area (Å²) in [5, 5.41) is 2.61. The molecule has 0 saturated carbocycles. The molecule has 2 rings (SSSR count). The van der Waals surface area contributed by atoms with Gasteiger partial charge >= 0.3 is 0 Å². The van der Waals surface area contributed by atoms with Crippen molar-refractivity contribution in [2.24, 2.45) is 5.92 Å². The normalized spacial score (nSPS) is 10.7. The molecule has 0 unspecified atom stereocenters. The van der Waals surface area contributed by atoms with E-state index in [1.54, 1.807) is 14.0 Å². The summed E-state index contributed by atoms with van der Waals surface area (Å²) >= 11 is 0. The van der Waals surface area contributed by atoms with Crippen molar-refractivity contribution in [2.75, 3.05) is 19.4 Å². The smallest absolute Gasteiger partial charge is 0.255 e. The number of rotatable bonds is 5. The average molecular weight is 314 g/mol. The highest BCUT2D eigenvalue weighted by Gasteiger charge is 2.18. The first-order valence-electron chi connectivity index (χ1n) is 7.51. The molecular formula is C17H22N4O2. The molecule has 3 N–H and O–H groups in total. The Hall–Kier alpha value is -2.63. The Morgan fingerprint density at radius 3 is 2.48 bits per heavy atom. The minimum Gasteiger partial charge on any atom is -0.493 e. The lowest BCUT2D eigenvalue weighted by Crippen LogP contribution is -2.21. The summed E-state index contributed by atoms with van der Waals surface area (Å²) in [5.74, 6) is 1.14. The number of aryl methyl sites for hydroxylation is 1. The fourth-order valence-electron chi connectivity index (χ4n) is 2.17. The lowest BCUT2D eigenvalue weighted by atomic mass is 10.0. The van der Waals surface area contributed by atoms with Crippen LogP contribution in [0.4, 0.5) is 5.95 Å². The number of nitrogens with two attached hydrogens (primary N) is 1. The molecule has 23 heavy (non-hydrogen) atoms. The van der Waals surface area contributed by atoms with Crippen molar-refractivity contribution >= 4 is 11.9 Å². The first kappa shape index (κ1) is 16.7. The molecule has 0 bridgehead atoms. The van der Waals surface area contributed by atoms with E-state index >= 15 is 0 Å². The second-order valence-corrected chi connectivity index (χ2v) is 5.70. The largest absolute Gasteiger partial charge is 0.493 e. The number of carbonyl (C=O) groups excluding carboxylic acids is 1. The fourth-order valence-corrected chi connectivity index (χ4v) is 2.17. The topological polar surface area (TPSA) is 90.1 Å². The molecule has 6 heteroatoms. The Balaban J connectivity index is 2.39. The number of nitrogens with one attached hydrogen (secondary N) is 1. The summed E-state index contributed by atoms with van der Waals surface area (Å²) in [6.45, 7) is 6.58. The highest BCUT2D eigenvalue weighted by molar-refractivity contribution is 6.00. The van der Waals surface area contributed by atoms with E-state index in [9.17, 15) is 4.79 Å². The van der Waals surface area contributed by atoms with E-state index in [0.29, 0.717) is 29.5 Å². The van der Waals surface area contributed by atoms with Crippen LogP contribution in [0, 0.1) is 12.8 Å². The molecule has 1 aromatic carbocycles. The van der Waals surface area contributed by atoms with Gasteiger partial charge in [-0.15, -0.1) is 0 Å². The Kier molecular flexibility index (Phi) is 5.16. The van der Waals surface area contributed by atoms with E-state index in [1.165, 1.54) is 0 Å². The highest BCUT2D eigenvalue weighted by Crippen LogP contribution is 2.26. The van der Waals surface area contributed by atoms with Crippen molar-refractivity contribution in [3.05, 3.63) is 35.5 Å². The maximum absolute atomic E-state index is 12.1. The minimum atomic E-state index is -0.238. The van der Waals surface area contributed by atoms with Gasteiger partial charge in [-0.1, -0.05) is 13.8 Å². The molecule has 0 fully saturated rings. The van der Waals surface area contributed by atoms with Crippen molar-refractivity contribution in [3.8, 4) is 17.0 Å². The van der Waals surface area contributed by atoms with Gasteiger partial charge in [-0.25, -0.2) is 9.97 Å². The molecule has 0 saturated heterocycles. The molecule has 0 atom stereocenters. The number of nitrogen functional groups attached to an aromatic ring is 1. The molecule has 1 aromatic heterocycles. The predicted molar refractivity (Wildman–Crippen MR) is 90.3 cm³/mol. The van der Waals surface area contributed by atoms with E-state index in [4.69, 9.17) is 10.5 Å². The number of hydrogen-bond acceptors (Lipinski definition) is 5. The molecule has 0 aliphatic rings. The van der Waals surface area contributed by atoms with Crippen LogP contribution in [0.3, 0.4) is 0 Å². The second-order valence-electron chi connectivity index (χ2n) is 5.70. The van der Waals surface area contributed by atoms with Crippen LogP contribution in [0.1, 0.15) is 29.9 Å². The summed E-state index contributed by atoms with van der Waals surface area (Å²) in [5.41, 5.74) is 8.02. The van der Waals surface area contributed by atoms with Crippen LogP contribution in [-0.4, -0.2) is 29.5 Å². The number of hydrogen-bond donors (Lipinski definition) is 2. The number of carbonyl (C=O) groups is 1. The van der Waals surface area contributed by atoms with Crippen LogP contribution in [-0.2, 0) is 0 Å². The van der Waals surface area contributed by atoms with E-state index in [-0.39, 0.29) is 11.9 Å². The SMILES string of the molecule is CNC(=O)c1c(C)nc(N)nc1-c1ccc(OCC(C)C)cc1. The molecule has 0 spiro atoms. The van der Waals surface area contributed by atoms with Gasteiger partial charge in [0.25, 0.3) is 5.91 Å². The second kappa shape index (κ2) is 7.09. The van der Waals surface area contributed by atoms with Gasteiger partial charge < -0.3 is 15.8 Å². The van der Waals surface area contributed by atoms with Crippen LogP contribution in [0.25, 0.3) is 11.3 Å². The van der Waals surface area contributed by atoms with Crippen molar-refractivity contribution in [2.45, 2.75) is 20.8 Å². The zero-order valence-electron chi connectivity index (χ0n) is 13.9. The number of aromatic nitrogens is 2. The standard InChI is InChI=1S/C17H22N4O2/c1-10(2)9-23-13-7-5-12(6-8-13)15-14(16(22)19-4)11(3)20-17(18)21-15/h5-8,10H,9H2,1-4H3,(H,19,22)(H2,18,20,21). The van der Waals surface area contributed by atoms with E-state index in [1.807, 2.05) is 24.3 Å². The summed E-state index contributed by atoms with van der Waals surface area (Å²) in [6.07, 6.45) is 0. The Morgan fingerprint density at radius 1 is 1.26 bits per heavy atom. The Morgan fingerprint density at radius 2 is 1.91 bits per heavy atom. The van der Waals surface area contributed by atoms with Gasteiger partial charge in [0.1, 0.15) is 5.75 Å². The molecule has 6 nitrogen and oxygen atoms in total. The van der Waals surface area contributed by atoms with Crippen LogP contribution < -0.4 is 15.8 Å². The van der Waals surface area contributed by atoms with Crippen LogP contribution in [0.5, 0.6) is 5.75 Å². The van der Waals surface area contributed by atoms with Crippen molar-refractivity contribution < 1.29 is 9.53 Å². The van der Waals surface area contributed by atoms with Crippen molar-refractivity contribution in [3.63, 3.8) is 0 Å². The summed E-state index contributed by atoms with van der Waals surface area (Å²) < 4.78 is 5.67. The summed E-state index contributed by atoms with van der Waals surface area (Å²) in [6, 6.07) is 7.45. The number of amides is 1. The van der Waals surface area contributed by atoms with E-state index in [2.05, 4.69) is 29.1 Å².